The summed E-state index contributed by atoms with van der Waals surface area (Å²) in [5.74, 6) is -4.55. The summed E-state index contributed by atoms with van der Waals surface area (Å²) in [5.41, 5.74) is 4.70. The molecule has 0 saturated carbocycles. The predicted molar refractivity (Wildman–Crippen MR) is 117 cm³/mol. The summed E-state index contributed by atoms with van der Waals surface area (Å²) < 4.78 is 19.8. The number of carbonyl (C=O) groups excluding carboxylic acids is 2. The fraction of sp³-hybridized carbons (Fsp3) is 0.455. The minimum absolute atomic E-state index is 0.138. The molecule has 0 radical (unpaired) electrons. The van der Waals surface area contributed by atoms with E-state index in [1.54, 1.807) is 32.9 Å². The van der Waals surface area contributed by atoms with Crippen LogP contribution < -0.4 is 5.73 Å². The van der Waals surface area contributed by atoms with Crippen LogP contribution >= 0.6 is 11.3 Å². The van der Waals surface area contributed by atoms with Crippen LogP contribution in [-0.4, -0.2) is 46.8 Å². The Labute approximate surface area is 189 Å². The molecule has 2 atom stereocenters. The van der Waals surface area contributed by atoms with Gasteiger partial charge in [0.2, 0.25) is 5.91 Å². The first kappa shape index (κ1) is 23.6. The van der Waals surface area contributed by atoms with Crippen LogP contribution in [0.4, 0.5) is 4.39 Å². The summed E-state index contributed by atoms with van der Waals surface area (Å²) in [7, 11) is 0. The first-order valence-electron chi connectivity index (χ1n) is 10.2. The van der Waals surface area contributed by atoms with Gasteiger partial charge in [-0.2, -0.15) is 0 Å². The van der Waals surface area contributed by atoms with Crippen molar-refractivity contribution in [2.24, 2.45) is 28.9 Å². The molecule has 1 saturated heterocycles. The van der Waals surface area contributed by atoms with Gasteiger partial charge in [-0.3, -0.25) is 15.0 Å². The molecule has 0 aromatic carbocycles. The van der Waals surface area contributed by atoms with E-state index in [0.29, 0.717) is 6.42 Å². The second kappa shape index (κ2) is 8.85. The maximum atomic E-state index is 14.6. The number of hydrogen-bond donors (Lipinski definition) is 3. The van der Waals surface area contributed by atoms with Gasteiger partial charge in [0.15, 0.2) is 5.76 Å². The lowest BCUT2D eigenvalue weighted by molar-refractivity contribution is -0.157. The van der Waals surface area contributed by atoms with Gasteiger partial charge in [0.1, 0.15) is 10.7 Å². The second-order valence-corrected chi connectivity index (χ2v) is 9.97. The van der Waals surface area contributed by atoms with Gasteiger partial charge in [0.05, 0.1) is 11.8 Å². The van der Waals surface area contributed by atoms with Crippen molar-refractivity contribution in [2.75, 3.05) is 13.1 Å². The largest absolute Gasteiger partial charge is 0.481 e. The van der Waals surface area contributed by atoms with Crippen molar-refractivity contribution in [1.29, 1.82) is 5.41 Å². The van der Waals surface area contributed by atoms with Gasteiger partial charge in [-0.25, -0.2) is 9.18 Å². The van der Waals surface area contributed by atoms with Gasteiger partial charge in [0.25, 0.3) is 0 Å². The lowest BCUT2D eigenvalue weighted by Gasteiger charge is -2.41. The zero-order chi connectivity index (χ0) is 23.8. The van der Waals surface area contributed by atoms with Crippen LogP contribution in [0, 0.1) is 28.6 Å². The van der Waals surface area contributed by atoms with E-state index in [1.165, 1.54) is 17.1 Å². The number of amides is 1. The van der Waals surface area contributed by atoms with E-state index in [2.05, 4.69) is 0 Å². The lowest BCUT2D eigenvalue weighted by atomic mass is 9.84. The van der Waals surface area contributed by atoms with Crippen LogP contribution in [0.1, 0.15) is 35.3 Å². The molecule has 10 heteroatoms. The summed E-state index contributed by atoms with van der Waals surface area (Å²) >= 11 is 1.16. The Bertz CT molecular complexity index is 1020. The Morgan fingerprint density at radius 1 is 1.34 bits per heavy atom. The summed E-state index contributed by atoms with van der Waals surface area (Å²) in [6.45, 7) is 5.53. The number of carbonyl (C=O) groups is 3. The van der Waals surface area contributed by atoms with E-state index in [-0.39, 0.29) is 35.5 Å². The number of nitrogens with one attached hydrogen (secondary N) is 1. The lowest BCUT2D eigenvalue weighted by Crippen LogP contribution is -2.56. The fourth-order valence-corrected chi connectivity index (χ4v) is 4.86. The number of esters is 1. The van der Waals surface area contributed by atoms with Crippen molar-refractivity contribution in [3.8, 4) is 0 Å². The smallest absolute Gasteiger partial charge is 0.353 e. The molecule has 32 heavy (non-hydrogen) atoms. The molecule has 2 unspecified atom stereocenters. The quantitative estimate of drug-likeness (QED) is 0.323. The minimum atomic E-state index is -0.904. The molecule has 2 aliphatic rings. The van der Waals surface area contributed by atoms with Gasteiger partial charge in [-0.05, 0) is 24.6 Å². The van der Waals surface area contributed by atoms with Crippen LogP contribution in [0.3, 0.4) is 0 Å². The number of carboxylic acid groups (broad SMARTS) is 1. The normalized spacial score (nSPS) is 21.3. The van der Waals surface area contributed by atoms with E-state index >= 15 is 0 Å². The van der Waals surface area contributed by atoms with E-state index in [4.69, 9.17) is 21.0 Å². The third kappa shape index (κ3) is 4.74. The number of ether oxygens (including phenoxy) is 1. The molecular weight excluding hydrogens is 437 g/mol. The number of amidine groups is 1. The molecule has 4 N–H and O–H groups in total. The molecule has 0 bridgehead atoms. The average Bonchev–Trinajstić information content (AvgIpc) is 3.11. The van der Waals surface area contributed by atoms with Crippen LogP contribution in [0.5, 0.6) is 0 Å². The van der Waals surface area contributed by atoms with Gasteiger partial charge < -0.3 is 20.5 Å². The number of aliphatic carboxylic acids is 1. The predicted octanol–water partition coefficient (Wildman–Crippen LogP) is 2.96. The third-order valence-corrected chi connectivity index (χ3v) is 6.83. The SMILES string of the molecule is CC1C(F)=C(OC(=O)c2ccc(CC(C)(C)C(=O)N3CC(C(=O)O)C3)s2)C=CC1C(=N)N. The van der Waals surface area contributed by atoms with Gasteiger partial charge in [-0.15, -0.1) is 11.3 Å². The first-order chi connectivity index (χ1) is 14.9. The number of hydrogen-bond acceptors (Lipinski definition) is 6. The Kier molecular flexibility index (Phi) is 6.54. The summed E-state index contributed by atoms with van der Waals surface area (Å²) in [5, 5.41) is 16.5. The topological polar surface area (TPSA) is 134 Å². The molecule has 1 amide bonds. The van der Waals surface area contributed by atoms with E-state index in [1.807, 2.05) is 0 Å². The number of halogens is 1. The molecule has 172 valence electrons. The Hall–Kier alpha value is -3.01. The van der Waals surface area contributed by atoms with Crippen LogP contribution in [-0.2, 0) is 20.7 Å². The van der Waals surface area contributed by atoms with Crippen molar-refractivity contribution in [2.45, 2.75) is 27.2 Å². The Balaban J connectivity index is 1.62. The number of rotatable bonds is 7. The summed E-state index contributed by atoms with van der Waals surface area (Å²) in [6, 6.07) is 3.29. The maximum Gasteiger partial charge on any atom is 0.353 e. The van der Waals surface area contributed by atoms with E-state index < -0.39 is 40.9 Å². The maximum absolute atomic E-state index is 14.6. The van der Waals surface area contributed by atoms with Gasteiger partial charge in [-0.1, -0.05) is 26.8 Å². The average molecular weight is 464 g/mol. The summed E-state index contributed by atoms with van der Waals surface area (Å²) in [6.07, 6.45) is 3.22. The molecule has 1 aromatic rings. The molecule has 8 nitrogen and oxygen atoms in total. The highest BCUT2D eigenvalue weighted by molar-refractivity contribution is 7.13. The molecular formula is C22H26FN3O5S. The van der Waals surface area contributed by atoms with Crippen molar-refractivity contribution >= 4 is 35.0 Å². The highest BCUT2D eigenvalue weighted by Gasteiger charge is 2.41. The number of thiophene rings is 1. The zero-order valence-electron chi connectivity index (χ0n) is 18.1. The number of nitrogens with zero attached hydrogens (tertiary/aromatic N) is 1. The van der Waals surface area contributed by atoms with Crippen LogP contribution in [0.15, 0.2) is 35.9 Å². The Morgan fingerprint density at radius 3 is 2.59 bits per heavy atom. The second-order valence-electron chi connectivity index (χ2n) is 8.80. The van der Waals surface area contributed by atoms with Crippen molar-refractivity contribution in [1.82, 2.24) is 4.90 Å². The molecule has 0 spiro atoms. The molecule has 1 aliphatic heterocycles. The zero-order valence-corrected chi connectivity index (χ0v) is 18.9. The molecule has 1 aliphatic carbocycles. The van der Waals surface area contributed by atoms with Gasteiger partial charge >= 0.3 is 11.9 Å². The van der Waals surface area contributed by atoms with Gasteiger partial charge in [0, 0.05) is 35.2 Å². The standard InChI is InChI=1S/C22H26FN3O5S/c1-11-14(18(24)25)5-6-15(17(11)23)31-20(29)16-7-4-13(32-16)8-22(2,3)21(30)26-9-12(10-26)19(27)28/h4-7,11-12,14H,8-10H2,1-3H3,(H3,24,25)(H,27,28). The highest BCUT2D eigenvalue weighted by Crippen LogP contribution is 2.34. The van der Waals surface area contributed by atoms with Crippen LogP contribution in [0.2, 0.25) is 0 Å². The highest BCUT2D eigenvalue weighted by atomic mass is 32.1. The van der Waals surface area contributed by atoms with Crippen molar-refractivity contribution in [3.05, 3.63) is 45.6 Å². The molecule has 3 rings (SSSR count). The van der Waals surface area contributed by atoms with Crippen LogP contribution in [0.25, 0.3) is 0 Å². The molecule has 1 aromatic heterocycles. The number of nitrogens with two attached hydrogens (primary N) is 1. The number of carboxylic acids is 1. The molecule has 1 fully saturated rings. The Morgan fingerprint density at radius 2 is 2.00 bits per heavy atom. The van der Waals surface area contributed by atoms with E-state index in [9.17, 15) is 18.8 Å². The molecule has 2 heterocycles. The van der Waals surface area contributed by atoms with Crippen molar-refractivity contribution < 1.29 is 28.6 Å². The van der Waals surface area contributed by atoms with E-state index in [0.717, 1.165) is 16.2 Å². The fourth-order valence-electron chi connectivity index (χ4n) is 3.75. The summed E-state index contributed by atoms with van der Waals surface area (Å²) in [4.78, 5) is 38.8. The number of likely N-dealkylation sites (tertiary alicyclic amines) is 1. The third-order valence-electron chi connectivity index (χ3n) is 5.77. The van der Waals surface area contributed by atoms with Crippen molar-refractivity contribution in [3.63, 3.8) is 0 Å². The monoisotopic (exact) mass is 463 g/mol. The first-order valence-corrected chi connectivity index (χ1v) is 11.0. The number of allylic oxidation sites excluding steroid dienone is 2. The minimum Gasteiger partial charge on any atom is -0.481 e.